The van der Waals surface area contributed by atoms with E-state index in [1.54, 1.807) is 0 Å². The Morgan fingerprint density at radius 3 is 3.00 bits per heavy atom. The van der Waals surface area contributed by atoms with Gasteiger partial charge in [0.1, 0.15) is 5.82 Å². The van der Waals surface area contributed by atoms with Crippen LogP contribution in [0.2, 0.25) is 0 Å². The highest BCUT2D eigenvalue weighted by Gasteiger charge is 2.23. The van der Waals surface area contributed by atoms with Gasteiger partial charge in [-0.3, -0.25) is 4.72 Å². The maximum atomic E-state index is 11.9. The van der Waals surface area contributed by atoms with Crippen LogP contribution in [0.3, 0.4) is 0 Å². The van der Waals surface area contributed by atoms with Crippen LogP contribution in [0, 0.1) is 0 Å². The van der Waals surface area contributed by atoms with E-state index in [0.29, 0.717) is 13.0 Å². The first-order chi connectivity index (χ1) is 8.96. The Bertz CT molecular complexity index is 566. The van der Waals surface area contributed by atoms with Gasteiger partial charge < -0.3 is 9.84 Å². The van der Waals surface area contributed by atoms with Gasteiger partial charge in [-0.25, -0.2) is 18.2 Å². The summed E-state index contributed by atoms with van der Waals surface area (Å²) in [6, 6.07) is 2.47. The molecule has 0 radical (unpaired) electrons. The second kappa shape index (κ2) is 5.54. The molecule has 19 heavy (non-hydrogen) atoms. The molecule has 1 aromatic rings. The molecule has 1 aliphatic rings. The summed E-state index contributed by atoms with van der Waals surface area (Å²) in [5.41, 5.74) is -0.0233. The van der Waals surface area contributed by atoms with Crippen molar-refractivity contribution in [3.63, 3.8) is 0 Å². The Balaban J connectivity index is 2.06. The van der Waals surface area contributed by atoms with Crippen LogP contribution in [-0.2, 0) is 14.8 Å². The summed E-state index contributed by atoms with van der Waals surface area (Å²) in [7, 11) is -3.59. The largest absolute Gasteiger partial charge is 0.478 e. The third-order valence-electron chi connectivity index (χ3n) is 2.70. The first kappa shape index (κ1) is 13.8. The highest BCUT2D eigenvalue weighted by atomic mass is 32.2. The van der Waals surface area contributed by atoms with Crippen LogP contribution in [0.1, 0.15) is 23.2 Å². The Morgan fingerprint density at radius 1 is 1.58 bits per heavy atom. The molecule has 1 fully saturated rings. The lowest BCUT2D eigenvalue weighted by molar-refractivity contribution is 0.0696. The standard InChI is InChI=1S/C11H14N2O5S/c14-11(15)8-3-4-12-10(6-8)13-19(16,17)7-9-2-1-5-18-9/h3-4,6,9H,1-2,5,7H2,(H,12,13)(H,14,15). The zero-order chi connectivity index (χ0) is 13.9. The van der Waals surface area contributed by atoms with Crippen molar-refractivity contribution in [2.45, 2.75) is 18.9 Å². The maximum Gasteiger partial charge on any atom is 0.335 e. The van der Waals surface area contributed by atoms with Crippen LogP contribution in [0.5, 0.6) is 0 Å². The van der Waals surface area contributed by atoms with Gasteiger partial charge in [-0.15, -0.1) is 0 Å². The van der Waals surface area contributed by atoms with Crippen molar-refractivity contribution in [3.05, 3.63) is 23.9 Å². The molecular weight excluding hydrogens is 272 g/mol. The molecule has 1 aromatic heterocycles. The number of hydrogen-bond acceptors (Lipinski definition) is 5. The van der Waals surface area contributed by atoms with E-state index in [-0.39, 0.29) is 23.2 Å². The van der Waals surface area contributed by atoms with Gasteiger partial charge in [0, 0.05) is 12.8 Å². The summed E-state index contributed by atoms with van der Waals surface area (Å²) in [5, 5.41) is 8.81. The number of rotatable bonds is 5. The number of carboxylic acid groups (broad SMARTS) is 1. The summed E-state index contributed by atoms with van der Waals surface area (Å²) in [6.07, 6.45) is 2.50. The van der Waals surface area contributed by atoms with Gasteiger partial charge >= 0.3 is 5.97 Å². The van der Waals surface area contributed by atoms with E-state index in [2.05, 4.69) is 9.71 Å². The topological polar surface area (TPSA) is 106 Å². The Labute approximate surface area is 110 Å². The Morgan fingerprint density at radius 2 is 2.37 bits per heavy atom. The minimum atomic E-state index is -3.59. The number of ether oxygens (including phenoxy) is 1. The number of nitrogens with zero attached hydrogens (tertiary/aromatic N) is 1. The molecule has 0 aliphatic carbocycles. The fourth-order valence-electron chi connectivity index (χ4n) is 1.84. The molecule has 1 aliphatic heterocycles. The Kier molecular flexibility index (Phi) is 4.01. The summed E-state index contributed by atoms with van der Waals surface area (Å²) in [6.45, 7) is 0.576. The van der Waals surface area contributed by atoms with Crippen molar-refractivity contribution in [1.82, 2.24) is 4.98 Å². The quantitative estimate of drug-likeness (QED) is 0.825. The average molecular weight is 286 g/mol. The van der Waals surface area contributed by atoms with E-state index in [1.165, 1.54) is 18.3 Å². The van der Waals surface area contributed by atoms with E-state index >= 15 is 0 Å². The number of carboxylic acids is 1. The number of carbonyl (C=O) groups is 1. The van der Waals surface area contributed by atoms with E-state index in [1.807, 2.05) is 0 Å². The molecular formula is C11H14N2O5S. The second-order valence-corrected chi connectivity index (χ2v) is 6.02. The first-order valence-electron chi connectivity index (χ1n) is 5.78. The SMILES string of the molecule is O=C(O)c1ccnc(NS(=O)(=O)CC2CCCO2)c1. The highest BCUT2D eigenvalue weighted by molar-refractivity contribution is 7.92. The molecule has 0 bridgehead atoms. The van der Waals surface area contributed by atoms with Crippen molar-refractivity contribution in [2.24, 2.45) is 0 Å². The summed E-state index contributed by atoms with van der Waals surface area (Å²) in [4.78, 5) is 14.6. The smallest absolute Gasteiger partial charge is 0.335 e. The predicted octanol–water partition coefficient (Wildman–Crippen LogP) is 0.700. The maximum absolute atomic E-state index is 11.9. The molecule has 8 heteroatoms. The highest BCUT2D eigenvalue weighted by Crippen LogP contribution is 2.16. The lowest BCUT2D eigenvalue weighted by atomic mass is 10.3. The van der Waals surface area contributed by atoms with Crippen LogP contribution in [0.25, 0.3) is 0 Å². The lowest BCUT2D eigenvalue weighted by Crippen LogP contribution is -2.26. The number of sulfonamides is 1. The molecule has 1 unspecified atom stereocenters. The van der Waals surface area contributed by atoms with Crippen LogP contribution in [0.4, 0.5) is 5.82 Å². The molecule has 2 heterocycles. The van der Waals surface area contributed by atoms with E-state index < -0.39 is 16.0 Å². The van der Waals surface area contributed by atoms with Crippen molar-refractivity contribution < 1.29 is 23.1 Å². The van der Waals surface area contributed by atoms with Crippen molar-refractivity contribution in [2.75, 3.05) is 17.1 Å². The zero-order valence-corrected chi connectivity index (χ0v) is 10.9. The molecule has 7 nitrogen and oxygen atoms in total. The van der Waals surface area contributed by atoms with Crippen LogP contribution >= 0.6 is 0 Å². The number of aromatic nitrogens is 1. The van der Waals surface area contributed by atoms with Crippen molar-refractivity contribution >= 4 is 21.8 Å². The molecule has 2 rings (SSSR count). The van der Waals surface area contributed by atoms with Gasteiger partial charge in [0.05, 0.1) is 17.4 Å². The first-order valence-corrected chi connectivity index (χ1v) is 7.43. The minimum absolute atomic E-state index is 0.00195. The normalized spacial score (nSPS) is 19.3. The van der Waals surface area contributed by atoms with Crippen LogP contribution < -0.4 is 4.72 Å². The molecule has 0 saturated carbocycles. The Hall–Kier alpha value is -1.67. The summed E-state index contributed by atoms with van der Waals surface area (Å²) in [5.74, 6) is -1.29. The van der Waals surface area contributed by atoms with Crippen LogP contribution in [-0.4, -0.2) is 42.9 Å². The molecule has 0 aromatic carbocycles. The van der Waals surface area contributed by atoms with E-state index in [4.69, 9.17) is 9.84 Å². The lowest BCUT2D eigenvalue weighted by Gasteiger charge is -2.11. The molecule has 1 atom stereocenters. The predicted molar refractivity (Wildman–Crippen MR) is 67.6 cm³/mol. The van der Waals surface area contributed by atoms with Gasteiger partial charge in [0.15, 0.2) is 0 Å². The van der Waals surface area contributed by atoms with E-state index in [9.17, 15) is 13.2 Å². The number of pyridine rings is 1. The minimum Gasteiger partial charge on any atom is -0.478 e. The third kappa shape index (κ3) is 3.90. The summed E-state index contributed by atoms with van der Waals surface area (Å²) >= 11 is 0. The fourth-order valence-corrected chi connectivity index (χ4v) is 3.11. The molecule has 104 valence electrons. The number of aromatic carboxylic acids is 1. The molecule has 0 amide bonds. The van der Waals surface area contributed by atoms with E-state index in [0.717, 1.165) is 6.42 Å². The monoisotopic (exact) mass is 286 g/mol. The molecule has 0 spiro atoms. The third-order valence-corrected chi connectivity index (χ3v) is 4.03. The fraction of sp³-hybridized carbons (Fsp3) is 0.455. The summed E-state index contributed by atoms with van der Waals surface area (Å²) < 4.78 is 31.2. The number of nitrogens with one attached hydrogen (secondary N) is 1. The number of anilines is 1. The average Bonchev–Trinajstić information content (AvgIpc) is 2.80. The van der Waals surface area contributed by atoms with Gasteiger partial charge in [-0.2, -0.15) is 0 Å². The van der Waals surface area contributed by atoms with Crippen LogP contribution in [0.15, 0.2) is 18.3 Å². The number of hydrogen-bond donors (Lipinski definition) is 2. The molecule has 1 saturated heterocycles. The van der Waals surface area contributed by atoms with Gasteiger partial charge in [-0.05, 0) is 25.0 Å². The molecule has 2 N–H and O–H groups in total. The second-order valence-electron chi connectivity index (χ2n) is 4.25. The zero-order valence-electron chi connectivity index (χ0n) is 10.1. The van der Waals surface area contributed by atoms with Gasteiger partial charge in [0.25, 0.3) is 0 Å². The van der Waals surface area contributed by atoms with Crippen molar-refractivity contribution in [3.8, 4) is 0 Å². The van der Waals surface area contributed by atoms with Crippen molar-refractivity contribution in [1.29, 1.82) is 0 Å². The van der Waals surface area contributed by atoms with Gasteiger partial charge in [0.2, 0.25) is 10.0 Å². The van der Waals surface area contributed by atoms with Gasteiger partial charge in [-0.1, -0.05) is 0 Å².